The van der Waals surface area contributed by atoms with Gasteiger partial charge < -0.3 is 5.32 Å². The molecule has 0 saturated carbocycles. The van der Waals surface area contributed by atoms with Gasteiger partial charge in [0, 0.05) is 18.8 Å². The number of aryl methyl sites for hydroxylation is 1. The first-order valence-electron chi connectivity index (χ1n) is 7.14. The van der Waals surface area contributed by atoms with Gasteiger partial charge in [-0.25, -0.2) is 4.68 Å². The molecule has 2 aromatic carbocycles. The number of amides is 1. The molecular formula is C18H17N3O. The lowest BCUT2D eigenvalue weighted by Gasteiger charge is -2.04. The number of aromatic nitrogens is 2. The lowest BCUT2D eigenvalue weighted by Crippen LogP contribution is -2.18. The Morgan fingerprint density at radius 3 is 2.41 bits per heavy atom. The molecule has 110 valence electrons. The summed E-state index contributed by atoms with van der Waals surface area (Å²) in [7, 11) is 1.63. The highest BCUT2D eigenvalue weighted by molar-refractivity contribution is 6.00. The minimum atomic E-state index is -0.138. The zero-order chi connectivity index (χ0) is 15.5. The van der Waals surface area contributed by atoms with Gasteiger partial charge in [0.1, 0.15) is 5.69 Å². The molecule has 0 unspecified atom stereocenters. The zero-order valence-corrected chi connectivity index (χ0v) is 12.6. The predicted molar refractivity (Wildman–Crippen MR) is 87.1 cm³/mol. The van der Waals surface area contributed by atoms with Crippen molar-refractivity contribution in [2.45, 2.75) is 6.92 Å². The molecule has 3 rings (SSSR count). The second-order valence-corrected chi connectivity index (χ2v) is 5.07. The minimum Gasteiger partial charge on any atom is -0.355 e. The number of nitrogens with zero attached hydrogens (tertiary/aromatic N) is 2. The molecule has 1 amide bonds. The number of para-hydroxylation sites is 1. The van der Waals surface area contributed by atoms with Crippen molar-refractivity contribution in [3.8, 4) is 16.9 Å². The maximum Gasteiger partial charge on any atom is 0.254 e. The smallest absolute Gasteiger partial charge is 0.254 e. The Bertz CT molecular complexity index is 806. The highest BCUT2D eigenvalue weighted by atomic mass is 16.1. The van der Waals surface area contributed by atoms with Gasteiger partial charge in [-0.15, -0.1) is 0 Å². The summed E-state index contributed by atoms with van der Waals surface area (Å²) < 4.78 is 1.74. The fourth-order valence-electron chi connectivity index (χ4n) is 2.43. The number of carbonyl (C=O) groups excluding carboxylic acids is 1. The van der Waals surface area contributed by atoms with E-state index in [0.29, 0.717) is 11.3 Å². The van der Waals surface area contributed by atoms with Gasteiger partial charge in [0.05, 0.1) is 11.3 Å². The molecule has 22 heavy (non-hydrogen) atoms. The van der Waals surface area contributed by atoms with Crippen molar-refractivity contribution in [2.75, 3.05) is 7.05 Å². The summed E-state index contributed by atoms with van der Waals surface area (Å²) in [6.45, 7) is 2.02. The summed E-state index contributed by atoms with van der Waals surface area (Å²) in [5.74, 6) is -0.138. The van der Waals surface area contributed by atoms with E-state index < -0.39 is 0 Å². The van der Waals surface area contributed by atoms with Crippen molar-refractivity contribution in [3.63, 3.8) is 0 Å². The number of nitrogens with one attached hydrogen (secondary N) is 1. The molecule has 0 bridgehead atoms. The Kier molecular flexibility index (Phi) is 3.74. The van der Waals surface area contributed by atoms with Crippen molar-refractivity contribution in [2.24, 2.45) is 0 Å². The Hall–Kier alpha value is -2.88. The van der Waals surface area contributed by atoms with Gasteiger partial charge in [0.15, 0.2) is 0 Å². The summed E-state index contributed by atoms with van der Waals surface area (Å²) in [6, 6.07) is 17.7. The van der Waals surface area contributed by atoms with Gasteiger partial charge >= 0.3 is 0 Å². The fourth-order valence-corrected chi connectivity index (χ4v) is 2.43. The number of hydrogen-bond donors (Lipinski definition) is 1. The number of rotatable bonds is 3. The normalized spacial score (nSPS) is 10.5. The fraction of sp³-hybridized carbons (Fsp3) is 0.111. The maximum absolute atomic E-state index is 12.2. The third kappa shape index (κ3) is 2.51. The molecule has 0 fully saturated rings. The van der Waals surface area contributed by atoms with Crippen LogP contribution < -0.4 is 5.32 Å². The molecule has 3 aromatic rings. The van der Waals surface area contributed by atoms with E-state index in [4.69, 9.17) is 0 Å². The van der Waals surface area contributed by atoms with Crippen LogP contribution in [0.2, 0.25) is 0 Å². The van der Waals surface area contributed by atoms with Crippen LogP contribution in [0.4, 0.5) is 0 Å². The Labute approximate surface area is 129 Å². The molecule has 0 radical (unpaired) electrons. The first-order chi connectivity index (χ1) is 10.7. The molecule has 0 spiro atoms. The SMILES string of the molecule is CNC(=O)c1cn(-c2ccccc2)nc1-c1ccccc1C. The van der Waals surface area contributed by atoms with E-state index in [2.05, 4.69) is 10.4 Å². The third-order valence-electron chi connectivity index (χ3n) is 3.61. The van der Waals surface area contributed by atoms with Crippen LogP contribution in [-0.4, -0.2) is 22.7 Å². The van der Waals surface area contributed by atoms with Gasteiger partial charge in [0.25, 0.3) is 5.91 Å². The standard InChI is InChI=1S/C18H17N3O/c1-13-8-6-7-11-15(13)17-16(18(22)19-2)12-21(20-17)14-9-4-3-5-10-14/h3-12H,1-2H3,(H,19,22). The largest absolute Gasteiger partial charge is 0.355 e. The van der Waals surface area contributed by atoms with Crippen molar-refractivity contribution in [1.29, 1.82) is 0 Å². The first kappa shape index (κ1) is 14.1. The zero-order valence-electron chi connectivity index (χ0n) is 12.6. The van der Waals surface area contributed by atoms with Crippen LogP contribution in [0, 0.1) is 6.92 Å². The van der Waals surface area contributed by atoms with Crippen molar-refractivity contribution in [3.05, 3.63) is 71.9 Å². The molecule has 1 N–H and O–H groups in total. The molecule has 1 aromatic heterocycles. The molecule has 0 aliphatic carbocycles. The topological polar surface area (TPSA) is 46.9 Å². The highest BCUT2D eigenvalue weighted by Gasteiger charge is 2.18. The van der Waals surface area contributed by atoms with Gasteiger partial charge in [-0.1, -0.05) is 42.5 Å². The van der Waals surface area contributed by atoms with Crippen LogP contribution in [0.3, 0.4) is 0 Å². The quantitative estimate of drug-likeness (QED) is 0.805. The van der Waals surface area contributed by atoms with Crippen LogP contribution in [-0.2, 0) is 0 Å². The number of hydrogen-bond acceptors (Lipinski definition) is 2. The summed E-state index contributed by atoms with van der Waals surface area (Å²) in [5, 5.41) is 7.32. The third-order valence-corrected chi connectivity index (χ3v) is 3.61. The van der Waals surface area contributed by atoms with E-state index in [-0.39, 0.29) is 5.91 Å². The molecule has 0 atom stereocenters. The Morgan fingerprint density at radius 1 is 1.05 bits per heavy atom. The van der Waals surface area contributed by atoms with E-state index in [1.54, 1.807) is 17.9 Å². The summed E-state index contributed by atoms with van der Waals surface area (Å²) in [4.78, 5) is 12.2. The second kappa shape index (κ2) is 5.85. The minimum absolute atomic E-state index is 0.138. The van der Waals surface area contributed by atoms with E-state index in [1.807, 2.05) is 61.5 Å². The Morgan fingerprint density at radius 2 is 1.73 bits per heavy atom. The van der Waals surface area contributed by atoms with Crippen LogP contribution >= 0.6 is 0 Å². The average Bonchev–Trinajstić information content (AvgIpc) is 3.00. The van der Waals surface area contributed by atoms with Gasteiger partial charge in [-0.2, -0.15) is 5.10 Å². The summed E-state index contributed by atoms with van der Waals surface area (Å²) in [5.41, 5.74) is 4.25. The predicted octanol–water partition coefficient (Wildman–Crippen LogP) is 3.21. The number of carbonyl (C=O) groups is 1. The molecule has 0 aliphatic heterocycles. The molecule has 4 heteroatoms. The average molecular weight is 291 g/mol. The van der Waals surface area contributed by atoms with E-state index in [0.717, 1.165) is 16.8 Å². The highest BCUT2D eigenvalue weighted by Crippen LogP contribution is 2.26. The first-order valence-corrected chi connectivity index (χ1v) is 7.14. The van der Waals surface area contributed by atoms with E-state index >= 15 is 0 Å². The van der Waals surface area contributed by atoms with E-state index in [9.17, 15) is 4.79 Å². The molecular weight excluding hydrogens is 274 g/mol. The Balaban J connectivity index is 2.19. The van der Waals surface area contributed by atoms with Crippen LogP contribution in [0.25, 0.3) is 16.9 Å². The van der Waals surface area contributed by atoms with Crippen LogP contribution in [0.5, 0.6) is 0 Å². The monoisotopic (exact) mass is 291 g/mol. The molecule has 1 heterocycles. The lowest BCUT2D eigenvalue weighted by atomic mass is 10.0. The van der Waals surface area contributed by atoms with Gasteiger partial charge in [0.2, 0.25) is 0 Å². The van der Waals surface area contributed by atoms with E-state index in [1.165, 1.54) is 0 Å². The second-order valence-electron chi connectivity index (χ2n) is 5.07. The molecule has 0 saturated heterocycles. The maximum atomic E-state index is 12.2. The van der Waals surface area contributed by atoms with Gasteiger partial charge in [-0.3, -0.25) is 4.79 Å². The summed E-state index contributed by atoms with van der Waals surface area (Å²) in [6.07, 6.45) is 1.77. The van der Waals surface area contributed by atoms with Crippen molar-refractivity contribution >= 4 is 5.91 Å². The van der Waals surface area contributed by atoms with Gasteiger partial charge in [-0.05, 0) is 24.6 Å². The summed E-state index contributed by atoms with van der Waals surface area (Å²) >= 11 is 0. The molecule has 0 aliphatic rings. The molecule has 4 nitrogen and oxygen atoms in total. The van der Waals surface area contributed by atoms with Crippen molar-refractivity contribution < 1.29 is 4.79 Å². The van der Waals surface area contributed by atoms with Crippen LogP contribution in [0.1, 0.15) is 15.9 Å². The van der Waals surface area contributed by atoms with Crippen LogP contribution in [0.15, 0.2) is 60.8 Å². The lowest BCUT2D eigenvalue weighted by molar-refractivity contribution is 0.0963. The van der Waals surface area contributed by atoms with Crippen molar-refractivity contribution in [1.82, 2.24) is 15.1 Å². The number of benzene rings is 2.